The summed E-state index contributed by atoms with van der Waals surface area (Å²) in [5.74, 6) is 1.31. The predicted octanol–water partition coefficient (Wildman–Crippen LogP) is 3.69. The van der Waals surface area contributed by atoms with Crippen molar-refractivity contribution in [1.82, 2.24) is 4.90 Å². The number of thiocarbonyl (C=S) groups is 1. The van der Waals surface area contributed by atoms with E-state index >= 15 is 0 Å². The van der Waals surface area contributed by atoms with Gasteiger partial charge in [0.25, 0.3) is 5.91 Å². The second-order valence-electron chi connectivity index (χ2n) is 5.42. The zero-order valence-corrected chi connectivity index (χ0v) is 14.7. The minimum Gasteiger partial charge on any atom is -0.454 e. The van der Waals surface area contributed by atoms with Crippen molar-refractivity contribution in [3.8, 4) is 11.5 Å². The van der Waals surface area contributed by atoms with Crippen LogP contribution in [0.4, 0.5) is 5.69 Å². The van der Waals surface area contributed by atoms with E-state index in [-0.39, 0.29) is 12.7 Å². The molecule has 25 heavy (non-hydrogen) atoms. The maximum atomic E-state index is 12.6. The molecule has 2 aromatic rings. The molecule has 4 rings (SSSR count). The van der Waals surface area contributed by atoms with Gasteiger partial charge >= 0.3 is 0 Å². The summed E-state index contributed by atoms with van der Waals surface area (Å²) in [7, 11) is 0. The molecule has 0 spiro atoms. The lowest BCUT2D eigenvalue weighted by Crippen LogP contribution is -2.33. The van der Waals surface area contributed by atoms with Crippen LogP contribution in [0.3, 0.4) is 0 Å². The second-order valence-corrected chi connectivity index (χ2v) is 7.10. The van der Waals surface area contributed by atoms with Crippen LogP contribution in [-0.4, -0.2) is 28.6 Å². The number of amides is 1. The summed E-state index contributed by atoms with van der Waals surface area (Å²) >= 11 is 6.65. The maximum absolute atomic E-state index is 12.6. The second kappa shape index (κ2) is 6.78. The van der Waals surface area contributed by atoms with Crippen LogP contribution in [-0.2, 0) is 4.79 Å². The highest BCUT2D eigenvalue weighted by Gasteiger charge is 2.31. The number of fused-ring (bicyclic) bond motifs is 1. The topological polar surface area (TPSA) is 50.8 Å². The third-order valence-electron chi connectivity index (χ3n) is 3.78. The van der Waals surface area contributed by atoms with Gasteiger partial charge < -0.3 is 14.8 Å². The van der Waals surface area contributed by atoms with Gasteiger partial charge in [0.1, 0.15) is 4.32 Å². The monoisotopic (exact) mass is 370 g/mol. The minimum atomic E-state index is -0.101. The fourth-order valence-electron chi connectivity index (χ4n) is 2.52. The molecule has 5 nitrogen and oxygen atoms in total. The molecule has 1 saturated heterocycles. The van der Waals surface area contributed by atoms with Crippen LogP contribution >= 0.6 is 24.0 Å². The average Bonchev–Trinajstić information content (AvgIpc) is 3.19. The van der Waals surface area contributed by atoms with E-state index in [1.54, 1.807) is 4.90 Å². The van der Waals surface area contributed by atoms with E-state index < -0.39 is 0 Å². The largest absolute Gasteiger partial charge is 0.454 e. The molecule has 0 saturated carbocycles. The van der Waals surface area contributed by atoms with Crippen LogP contribution in [0.15, 0.2) is 53.4 Å². The van der Waals surface area contributed by atoms with Crippen LogP contribution in [0.25, 0.3) is 6.08 Å². The molecule has 2 heterocycles. The lowest BCUT2D eigenvalue weighted by atomic mass is 10.2. The molecule has 7 heteroatoms. The normalized spacial score (nSPS) is 17.4. The molecule has 1 fully saturated rings. The molecule has 0 bridgehead atoms. The van der Waals surface area contributed by atoms with Crippen LogP contribution in [0.1, 0.15) is 5.56 Å². The molecule has 0 aliphatic carbocycles. The lowest BCUT2D eigenvalue weighted by molar-refractivity contribution is -0.121. The number of thioether (sulfide) groups is 1. The number of hydrogen-bond donors (Lipinski definition) is 1. The van der Waals surface area contributed by atoms with Crippen LogP contribution in [0.2, 0.25) is 0 Å². The molecule has 0 atom stereocenters. The molecule has 0 radical (unpaired) electrons. The van der Waals surface area contributed by atoms with Crippen molar-refractivity contribution in [2.24, 2.45) is 0 Å². The number of ether oxygens (including phenoxy) is 2. The molecular formula is C18H14N2O3S2. The SMILES string of the molecule is O=C1/C(=C/c2ccc3c(c2)OCO3)SC(=S)N1CNc1ccccc1. The van der Waals surface area contributed by atoms with Gasteiger partial charge in [-0.2, -0.15) is 0 Å². The van der Waals surface area contributed by atoms with Crippen molar-refractivity contribution in [3.63, 3.8) is 0 Å². The van der Waals surface area contributed by atoms with Gasteiger partial charge in [-0.25, -0.2) is 0 Å². The van der Waals surface area contributed by atoms with E-state index in [4.69, 9.17) is 21.7 Å². The Morgan fingerprint density at radius 2 is 1.96 bits per heavy atom. The Morgan fingerprint density at radius 3 is 2.80 bits per heavy atom. The van der Waals surface area contributed by atoms with Gasteiger partial charge in [0.2, 0.25) is 6.79 Å². The summed E-state index contributed by atoms with van der Waals surface area (Å²) in [6.45, 7) is 0.569. The third-order valence-corrected chi connectivity index (χ3v) is 5.16. The number of nitrogens with one attached hydrogen (secondary N) is 1. The van der Waals surface area contributed by atoms with E-state index in [0.717, 1.165) is 17.0 Å². The molecule has 1 N–H and O–H groups in total. The van der Waals surface area contributed by atoms with Crippen molar-refractivity contribution in [2.45, 2.75) is 0 Å². The van der Waals surface area contributed by atoms with E-state index in [9.17, 15) is 4.79 Å². The van der Waals surface area contributed by atoms with Gasteiger partial charge in [-0.05, 0) is 35.9 Å². The molecule has 126 valence electrons. The first kappa shape index (κ1) is 16.0. The average molecular weight is 370 g/mol. The first-order valence-corrected chi connectivity index (χ1v) is 8.87. The number of carbonyl (C=O) groups excluding carboxylic acids is 1. The molecule has 2 aliphatic heterocycles. The van der Waals surface area contributed by atoms with Gasteiger partial charge in [0.15, 0.2) is 11.5 Å². The van der Waals surface area contributed by atoms with Crippen molar-refractivity contribution < 1.29 is 14.3 Å². The smallest absolute Gasteiger partial charge is 0.267 e. The van der Waals surface area contributed by atoms with Crippen molar-refractivity contribution in [2.75, 3.05) is 18.8 Å². The highest BCUT2D eigenvalue weighted by molar-refractivity contribution is 8.26. The fourth-order valence-corrected chi connectivity index (χ4v) is 3.77. The van der Waals surface area contributed by atoms with Crippen LogP contribution < -0.4 is 14.8 Å². The number of nitrogens with zero attached hydrogens (tertiary/aromatic N) is 1. The number of para-hydroxylation sites is 1. The molecule has 0 aromatic heterocycles. The summed E-state index contributed by atoms with van der Waals surface area (Å²) in [6, 6.07) is 15.3. The van der Waals surface area contributed by atoms with Crippen molar-refractivity contribution >= 4 is 46.0 Å². The number of anilines is 1. The first-order valence-electron chi connectivity index (χ1n) is 7.65. The van der Waals surface area contributed by atoms with Crippen molar-refractivity contribution in [1.29, 1.82) is 0 Å². The number of rotatable bonds is 4. The maximum Gasteiger partial charge on any atom is 0.267 e. The number of hydrogen-bond acceptors (Lipinski definition) is 6. The van der Waals surface area contributed by atoms with Crippen LogP contribution in [0, 0.1) is 0 Å². The molecule has 1 amide bonds. The first-order chi connectivity index (χ1) is 12.2. The lowest BCUT2D eigenvalue weighted by Gasteiger charge is -2.16. The number of benzene rings is 2. The van der Waals surface area contributed by atoms with Crippen LogP contribution in [0.5, 0.6) is 11.5 Å². The quantitative estimate of drug-likeness (QED) is 0.654. The van der Waals surface area contributed by atoms with Gasteiger partial charge in [-0.3, -0.25) is 9.69 Å². The zero-order chi connectivity index (χ0) is 17.2. The number of carbonyl (C=O) groups is 1. The Morgan fingerprint density at radius 1 is 1.16 bits per heavy atom. The zero-order valence-electron chi connectivity index (χ0n) is 13.1. The van der Waals surface area contributed by atoms with Gasteiger partial charge in [-0.1, -0.05) is 48.2 Å². The Bertz CT molecular complexity index is 868. The Balaban J connectivity index is 1.49. The third kappa shape index (κ3) is 3.33. The predicted molar refractivity (Wildman–Crippen MR) is 103 cm³/mol. The summed E-state index contributed by atoms with van der Waals surface area (Å²) in [5, 5.41) is 3.21. The molecule has 2 aromatic carbocycles. The highest BCUT2D eigenvalue weighted by Crippen LogP contribution is 2.36. The summed E-state index contributed by atoms with van der Waals surface area (Å²) < 4.78 is 11.2. The van der Waals surface area contributed by atoms with E-state index in [1.807, 2.05) is 54.6 Å². The summed E-state index contributed by atoms with van der Waals surface area (Å²) in [6.07, 6.45) is 1.82. The van der Waals surface area contributed by atoms with Gasteiger partial charge in [0, 0.05) is 5.69 Å². The van der Waals surface area contributed by atoms with Crippen molar-refractivity contribution in [3.05, 3.63) is 59.0 Å². The summed E-state index contributed by atoms with van der Waals surface area (Å²) in [5.41, 5.74) is 1.82. The Hall–Kier alpha value is -2.51. The Labute approximate surface area is 154 Å². The minimum absolute atomic E-state index is 0.101. The van der Waals surface area contributed by atoms with E-state index in [1.165, 1.54) is 11.8 Å². The summed E-state index contributed by atoms with van der Waals surface area (Å²) in [4.78, 5) is 14.8. The highest BCUT2D eigenvalue weighted by atomic mass is 32.2. The molecule has 2 aliphatic rings. The van der Waals surface area contributed by atoms with E-state index in [2.05, 4.69) is 5.32 Å². The van der Waals surface area contributed by atoms with Gasteiger partial charge in [0.05, 0.1) is 11.6 Å². The van der Waals surface area contributed by atoms with Gasteiger partial charge in [-0.15, -0.1) is 0 Å². The Kier molecular flexibility index (Phi) is 4.33. The molecular weight excluding hydrogens is 356 g/mol. The fraction of sp³-hybridized carbons (Fsp3) is 0.111. The molecule has 0 unspecified atom stereocenters. The van der Waals surface area contributed by atoms with E-state index in [0.29, 0.717) is 21.6 Å². The standard InChI is InChI=1S/C18H14N2O3S2/c21-17-16(9-12-6-7-14-15(8-12)23-11-22-14)25-18(24)20(17)10-19-13-4-2-1-3-5-13/h1-9,19H,10-11H2/b16-9-.